The van der Waals surface area contributed by atoms with Crippen LogP contribution in [0.1, 0.15) is 12.8 Å². The fraction of sp³-hybridized carbons (Fsp3) is 1.00. The van der Waals surface area contributed by atoms with Crippen molar-refractivity contribution in [3.05, 3.63) is 0 Å². The summed E-state index contributed by atoms with van der Waals surface area (Å²) in [4.78, 5) is 0. The SMILES string of the molecule is CNCCC1(O)CCNC1. The largest absolute Gasteiger partial charge is 0.388 e. The lowest BCUT2D eigenvalue weighted by Crippen LogP contribution is -2.34. The smallest absolute Gasteiger partial charge is 0.0795 e. The van der Waals surface area contributed by atoms with Crippen LogP contribution in [0.2, 0.25) is 0 Å². The fourth-order valence-corrected chi connectivity index (χ4v) is 1.30. The van der Waals surface area contributed by atoms with Gasteiger partial charge in [0, 0.05) is 6.54 Å². The standard InChI is InChI=1S/C7H16N2O/c1-8-4-2-7(10)3-5-9-6-7/h8-10H,2-6H2,1H3. The number of aliphatic hydroxyl groups is 1. The van der Waals surface area contributed by atoms with E-state index in [0.717, 1.165) is 32.5 Å². The highest BCUT2D eigenvalue weighted by molar-refractivity contribution is 4.87. The number of β-amino-alcohol motifs (C(OH)–C–C–N with tert-alkyl or cyclic N) is 1. The average molecular weight is 144 g/mol. The Labute approximate surface area is 61.8 Å². The summed E-state index contributed by atoms with van der Waals surface area (Å²) in [6.07, 6.45) is 1.76. The lowest BCUT2D eigenvalue weighted by Gasteiger charge is -2.20. The molecular formula is C7H16N2O. The molecule has 1 aliphatic heterocycles. The Hall–Kier alpha value is -0.120. The molecule has 0 saturated carbocycles. The third-order valence-corrected chi connectivity index (χ3v) is 2.06. The van der Waals surface area contributed by atoms with Crippen molar-refractivity contribution in [2.24, 2.45) is 0 Å². The second-order valence-corrected chi connectivity index (χ2v) is 3.00. The van der Waals surface area contributed by atoms with E-state index < -0.39 is 5.60 Å². The lowest BCUT2D eigenvalue weighted by molar-refractivity contribution is 0.0531. The van der Waals surface area contributed by atoms with Crippen LogP contribution < -0.4 is 10.6 Å². The maximum absolute atomic E-state index is 9.72. The van der Waals surface area contributed by atoms with Crippen LogP contribution in [0.5, 0.6) is 0 Å². The highest BCUT2D eigenvalue weighted by atomic mass is 16.3. The Kier molecular flexibility index (Phi) is 2.65. The molecule has 0 amide bonds. The topological polar surface area (TPSA) is 44.3 Å². The van der Waals surface area contributed by atoms with Gasteiger partial charge in [-0.15, -0.1) is 0 Å². The molecule has 60 valence electrons. The Morgan fingerprint density at radius 1 is 1.70 bits per heavy atom. The highest BCUT2D eigenvalue weighted by Gasteiger charge is 2.29. The van der Waals surface area contributed by atoms with Gasteiger partial charge in [-0.25, -0.2) is 0 Å². The van der Waals surface area contributed by atoms with Crippen molar-refractivity contribution >= 4 is 0 Å². The van der Waals surface area contributed by atoms with Crippen LogP contribution >= 0.6 is 0 Å². The molecule has 0 spiro atoms. The van der Waals surface area contributed by atoms with E-state index in [9.17, 15) is 5.11 Å². The molecule has 1 rings (SSSR count). The summed E-state index contributed by atoms with van der Waals surface area (Å²) >= 11 is 0. The molecule has 1 unspecified atom stereocenters. The van der Waals surface area contributed by atoms with Gasteiger partial charge in [-0.1, -0.05) is 0 Å². The number of nitrogens with one attached hydrogen (secondary N) is 2. The summed E-state index contributed by atoms with van der Waals surface area (Å²) in [5.41, 5.74) is -0.428. The van der Waals surface area contributed by atoms with Gasteiger partial charge < -0.3 is 15.7 Å². The summed E-state index contributed by atoms with van der Waals surface area (Å²) in [6, 6.07) is 0. The van der Waals surface area contributed by atoms with E-state index >= 15 is 0 Å². The van der Waals surface area contributed by atoms with Crippen LogP contribution in [-0.2, 0) is 0 Å². The van der Waals surface area contributed by atoms with E-state index in [1.165, 1.54) is 0 Å². The predicted molar refractivity (Wildman–Crippen MR) is 41.0 cm³/mol. The molecular weight excluding hydrogens is 128 g/mol. The molecule has 0 aromatic carbocycles. The third-order valence-electron chi connectivity index (χ3n) is 2.06. The predicted octanol–water partition coefficient (Wildman–Crippen LogP) is -0.680. The molecule has 3 N–H and O–H groups in total. The zero-order chi connectivity index (χ0) is 7.45. The Balaban J connectivity index is 2.22. The van der Waals surface area contributed by atoms with Gasteiger partial charge in [0.15, 0.2) is 0 Å². The van der Waals surface area contributed by atoms with Crippen LogP contribution in [0.4, 0.5) is 0 Å². The molecule has 0 radical (unpaired) electrons. The van der Waals surface area contributed by atoms with Crippen molar-refractivity contribution in [2.75, 3.05) is 26.7 Å². The molecule has 0 aromatic rings. The number of rotatable bonds is 3. The normalized spacial score (nSPS) is 33.0. The fourth-order valence-electron chi connectivity index (χ4n) is 1.30. The Bertz CT molecular complexity index is 99.8. The van der Waals surface area contributed by atoms with Gasteiger partial charge in [-0.05, 0) is 33.0 Å². The van der Waals surface area contributed by atoms with Crippen molar-refractivity contribution in [1.82, 2.24) is 10.6 Å². The minimum Gasteiger partial charge on any atom is -0.388 e. The third kappa shape index (κ3) is 1.94. The Morgan fingerprint density at radius 2 is 2.50 bits per heavy atom. The van der Waals surface area contributed by atoms with Crippen LogP contribution in [-0.4, -0.2) is 37.4 Å². The maximum Gasteiger partial charge on any atom is 0.0795 e. The number of hydrogen-bond donors (Lipinski definition) is 3. The Morgan fingerprint density at radius 3 is 3.00 bits per heavy atom. The molecule has 3 heteroatoms. The maximum atomic E-state index is 9.72. The summed E-state index contributed by atoms with van der Waals surface area (Å²) < 4.78 is 0. The molecule has 1 heterocycles. The van der Waals surface area contributed by atoms with E-state index in [1.807, 2.05) is 7.05 Å². The van der Waals surface area contributed by atoms with E-state index in [2.05, 4.69) is 10.6 Å². The van der Waals surface area contributed by atoms with E-state index in [1.54, 1.807) is 0 Å². The molecule has 10 heavy (non-hydrogen) atoms. The van der Waals surface area contributed by atoms with Crippen molar-refractivity contribution in [3.63, 3.8) is 0 Å². The molecule has 1 atom stereocenters. The molecule has 3 nitrogen and oxygen atoms in total. The monoisotopic (exact) mass is 144 g/mol. The summed E-state index contributed by atoms with van der Waals surface area (Å²) in [7, 11) is 1.91. The first kappa shape index (κ1) is 7.98. The van der Waals surface area contributed by atoms with Crippen molar-refractivity contribution in [2.45, 2.75) is 18.4 Å². The summed E-state index contributed by atoms with van der Waals surface area (Å²) in [6.45, 7) is 2.62. The van der Waals surface area contributed by atoms with Crippen LogP contribution in [0.3, 0.4) is 0 Å². The van der Waals surface area contributed by atoms with Gasteiger partial charge in [0.2, 0.25) is 0 Å². The molecule has 1 saturated heterocycles. The van der Waals surface area contributed by atoms with Crippen LogP contribution in [0, 0.1) is 0 Å². The summed E-state index contributed by atoms with van der Waals surface area (Å²) in [5, 5.41) is 15.9. The van der Waals surface area contributed by atoms with Crippen molar-refractivity contribution < 1.29 is 5.11 Å². The number of hydrogen-bond acceptors (Lipinski definition) is 3. The minimum atomic E-state index is -0.428. The van der Waals surface area contributed by atoms with Gasteiger partial charge in [0.25, 0.3) is 0 Å². The molecule has 0 bridgehead atoms. The first-order valence-corrected chi connectivity index (χ1v) is 3.84. The first-order chi connectivity index (χ1) is 4.77. The van der Waals surface area contributed by atoms with Crippen molar-refractivity contribution in [3.8, 4) is 0 Å². The highest BCUT2D eigenvalue weighted by Crippen LogP contribution is 2.17. The zero-order valence-electron chi connectivity index (χ0n) is 6.48. The average Bonchev–Trinajstić information content (AvgIpc) is 2.33. The molecule has 0 aliphatic carbocycles. The van der Waals surface area contributed by atoms with Gasteiger partial charge >= 0.3 is 0 Å². The van der Waals surface area contributed by atoms with Crippen LogP contribution in [0.25, 0.3) is 0 Å². The molecule has 0 aromatic heterocycles. The summed E-state index contributed by atoms with van der Waals surface area (Å²) in [5.74, 6) is 0. The van der Waals surface area contributed by atoms with E-state index in [-0.39, 0.29) is 0 Å². The molecule has 1 aliphatic rings. The second kappa shape index (κ2) is 3.32. The second-order valence-electron chi connectivity index (χ2n) is 3.00. The first-order valence-electron chi connectivity index (χ1n) is 3.84. The quantitative estimate of drug-likeness (QED) is 0.492. The van der Waals surface area contributed by atoms with Crippen molar-refractivity contribution in [1.29, 1.82) is 0 Å². The zero-order valence-corrected chi connectivity index (χ0v) is 6.48. The van der Waals surface area contributed by atoms with Gasteiger partial charge in [-0.3, -0.25) is 0 Å². The van der Waals surface area contributed by atoms with E-state index in [4.69, 9.17) is 0 Å². The van der Waals surface area contributed by atoms with Gasteiger partial charge in [0.1, 0.15) is 0 Å². The van der Waals surface area contributed by atoms with Crippen LogP contribution in [0.15, 0.2) is 0 Å². The minimum absolute atomic E-state index is 0.428. The van der Waals surface area contributed by atoms with Gasteiger partial charge in [0.05, 0.1) is 5.60 Å². The lowest BCUT2D eigenvalue weighted by atomic mass is 9.99. The molecule has 1 fully saturated rings. The van der Waals surface area contributed by atoms with E-state index in [0.29, 0.717) is 0 Å². The van der Waals surface area contributed by atoms with Gasteiger partial charge in [-0.2, -0.15) is 0 Å².